The molecule has 1 N–H and O–H groups in total. The number of amides is 1. The van der Waals surface area contributed by atoms with Crippen LogP contribution in [0, 0.1) is 0 Å². The van der Waals surface area contributed by atoms with Crippen LogP contribution in [0.25, 0.3) is 11.5 Å². The molecule has 152 valence electrons. The van der Waals surface area contributed by atoms with Crippen LogP contribution in [0.1, 0.15) is 6.92 Å². The minimum absolute atomic E-state index is 0.202. The third kappa shape index (κ3) is 5.00. The van der Waals surface area contributed by atoms with Crippen molar-refractivity contribution < 1.29 is 23.4 Å². The van der Waals surface area contributed by atoms with Gasteiger partial charge in [0.15, 0.2) is 11.5 Å². The number of carbonyl (C=O) groups is 1. The van der Waals surface area contributed by atoms with E-state index in [1.54, 1.807) is 39.3 Å². The first-order valence-corrected chi connectivity index (χ1v) is 9.59. The van der Waals surface area contributed by atoms with Crippen molar-refractivity contribution in [1.29, 1.82) is 0 Å². The lowest BCUT2D eigenvalue weighted by Gasteiger charge is -2.12. The van der Waals surface area contributed by atoms with E-state index in [9.17, 15) is 4.79 Å². The summed E-state index contributed by atoms with van der Waals surface area (Å²) >= 11 is 1.18. The summed E-state index contributed by atoms with van der Waals surface area (Å²) in [5.41, 5.74) is 1.37. The van der Waals surface area contributed by atoms with Gasteiger partial charge in [-0.05, 0) is 43.3 Å². The molecule has 29 heavy (non-hydrogen) atoms. The zero-order valence-corrected chi connectivity index (χ0v) is 17.3. The average Bonchev–Trinajstić information content (AvgIpc) is 3.22. The normalized spacial score (nSPS) is 11.6. The van der Waals surface area contributed by atoms with Crippen molar-refractivity contribution in [3.05, 3.63) is 42.5 Å². The second-order valence-corrected chi connectivity index (χ2v) is 7.21. The van der Waals surface area contributed by atoms with Gasteiger partial charge >= 0.3 is 0 Å². The fourth-order valence-corrected chi connectivity index (χ4v) is 3.15. The predicted octanol–water partition coefficient (Wildman–Crippen LogP) is 3.88. The van der Waals surface area contributed by atoms with Gasteiger partial charge in [-0.25, -0.2) is 0 Å². The molecule has 2 aromatic carbocycles. The zero-order valence-electron chi connectivity index (χ0n) is 16.5. The van der Waals surface area contributed by atoms with Gasteiger partial charge in [-0.15, -0.1) is 10.2 Å². The number of hydrogen-bond donors (Lipinski definition) is 1. The summed E-state index contributed by atoms with van der Waals surface area (Å²) in [5.74, 6) is 2.04. The quantitative estimate of drug-likeness (QED) is 0.554. The van der Waals surface area contributed by atoms with Crippen molar-refractivity contribution in [1.82, 2.24) is 10.2 Å². The van der Waals surface area contributed by atoms with E-state index < -0.39 is 5.25 Å². The molecule has 0 saturated carbocycles. The molecule has 3 aromatic rings. The lowest BCUT2D eigenvalue weighted by molar-refractivity contribution is -0.115. The summed E-state index contributed by atoms with van der Waals surface area (Å²) in [7, 11) is 4.70. The van der Waals surface area contributed by atoms with E-state index in [2.05, 4.69) is 15.5 Å². The number of thioether (sulfide) groups is 1. The van der Waals surface area contributed by atoms with Gasteiger partial charge in [0, 0.05) is 17.3 Å². The molecular formula is C20H21N3O5S. The number of hydrogen-bond acceptors (Lipinski definition) is 8. The molecule has 0 aliphatic carbocycles. The van der Waals surface area contributed by atoms with Gasteiger partial charge in [-0.1, -0.05) is 11.8 Å². The standard InChI is InChI=1S/C20H21N3O5S/c1-12(18(24)21-14-7-10-16(26-3)17(11-14)27-4)29-20-23-22-19(28-20)13-5-8-15(25-2)9-6-13/h5-12H,1-4H3,(H,21,24)/t12-/m1/s1. The predicted molar refractivity (Wildman–Crippen MR) is 110 cm³/mol. The van der Waals surface area contributed by atoms with Gasteiger partial charge in [-0.3, -0.25) is 4.79 Å². The molecule has 1 atom stereocenters. The molecule has 3 rings (SSSR count). The van der Waals surface area contributed by atoms with Crippen molar-refractivity contribution in [3.8, 4) is 28.7 Å². The van der Waals surface area contributed by atoms with Crippen LogP contribution in [0.3, 0.4) is 0 Å². The highest BCUT2D eigenvalue weighted by molar-refractivity contribution is 8.00. The number of methoxy groups -OCH3 is 3. The van der Waals surface area contributed by atoms with Gasteiger partial charge in [0.1, 0.15) is 5.75 Å². The van der Waals surface area contributed by atoms with Gasteiger partial charge in [0.25, 0.3) is 5.22 Å². The van der Waals surface area contributed by atoms with E-state index in [-0.39, 0.29) is 5.91 Å². The van der Waals surface area contributed by atoms with Crippen LogP contribution < -0.4 is 19.5 Å². The van der Waals surface area contributed by atoms with Crippen LogP contribution >= 0.6 is 11.8 Å². The maximum Gasteiger partial charge on any atom is 0.277 e. The lowest BCUT2D eigenvalue weighted by Crippen LogP contribution is -2.22. The molecule has 0 fully saturated rings. The first-order chi connectivity index (χ1) is 14.0. The van der Waals surface area contributed by atoms with Gasteiger partial charge in [-0.2, -0.15) is 0 Å². The van der Waals surface area contributed by atoms with Crippen molar-refractivity contribution in [2.75, 3.05) is 26.6 Å². The average molecular weight is 415 g/mol. The molecule has 0 bridgehead atoms. The monoisotopic (exact) mass is 415 g/mol. The fourth-order valence-electron chi connectivity index (χ4n) is 2.47. The Morgan fingerprint density at radius 2 is 1.72 bits per heavy atom. The van der Waals surface area contributed by atoms with E-state index in [4.69, 9.17) is 18.6 Å². The summed E-state index contributed by atoms with van der Waals surface area (Å²) in [4.78, 5) is 12.5. The highest BCUT2D eigenvalue weighted by Crippen LogP contribution is 2.31. The molecule has 0 aliphatic rings. The Morgan fingerprint density at radius 1 is 1.00 bits per heavy atom. The number of nitrogens with zero attached hydrogens (tertiary/aromatic N) is 2. The summed E-state index contributed by atoms with van der Waals surface area (Å²) in [5, 5.41) is 10.8. The molecule has 1 heterocycles. The highest BCUT2D eigenvalue weighted by Gasteiger charge is 2.19. The largest absolute Gasteiger partial charge is 0.497 e. The zero-order chi connectivity index (χ0) is 20.8. The van der Waals surface area contributed by atoms with Gasteiger partial charge in [0.2, 0.25) is 11.8 Å². The number of ether oxygens (including phenoxy) is 3. The summed E-state index contributed by atoms with van der Waals surface area (Å²) < 4.78 is 21.2. The van der Waals surface area contributed by atoms with Gasteiger partial charge < -0.3 is 23.9 Å². The van der Waals surface area contributed by atoms with Crippen molar-refractivity contribution in [2.45, 2.75) is 17.4 Å². The lowest BCUT2D eigenvalue weighted by atomic mass is 10.2. The smallest absolute Gasteiger partial charge is 0.277 e. The van der Waals surface area contributed by atoms with Crippen LogP contribution in [-0.2, 0) is 4.79 Å². The molecule has 0 radical (unpaired) electrons. The minimum Gasteiger partial charge on any atom is -0.497 e. The molecule has 0 saturated heterocycles. The topological polar surface area (TPSA) is 95.7 Å². The van der Waals surface area contributed by atoms with Crippen LogP contribution in [-0.4, -0.2) is 42.7 Å². The summed E-state index contributed by atoms with van der Waals surface area (Å²) in [6, 6.07) is 12.4. The number of aromatic nitrogens is 2. The van der Waals surface area contributed by atoms with Crippen LogP contribution in [0.4, 0.5) is 5.69 Å². The maximum atomic E-state index is 12.5. The number of carbonyl (C=O) groups excluding carboxylic acids is 1. The Balaban J connectivity index is 1.63. The molecule has 9 heteroatoms. The third-order valence-electron chi connectivity index (χ3n) is 4.04. The molecule has 0 unspecified atom stereocenters. The Labute approximate surface area is 172 Å². The molecule has 1 amide bonds. The number of rotatable bonds is 8. The van der Waals surface area contributed by atoms with E-state index in [0.717, 1.165) is 11.3 Å². The number of anilines is 1. The van der Waals surface area contributed by atoms with E-state index >= 15 is 0 Å². The Kier molecular flexibility index (Phi) is 6.61. The molecule has 0 spiro atoms. The second kappa shape index (κ2) is 9.33. The van der Waals surface area contributed by atoms with Gasteiger partial charge in [0.05, 0.1) is 26.6 Å². The SMILES string of the molecule is COc1ccc(-c2nnc(S[C@H](C)C(=O)Nc3ccc(OC)c(OC)c3)o2)cc1. The van der Waals surface area contributed by atoms with E-state index in [1.807, 2.05) is 24.3 Å². The van der Waals surface area contributed by atoms with Crippen LogP contribution in [0.2, 0.25) is 0 Å². The van der Waals surface area contributed by atoms with Crippen LogP contribution in [0.15, 0.2) is 52.1 Å². The minimum atomic E-state index is -0.452. The Morgan fingerprint density at radius 3 is 2.38 bits per heavy atom. The highest BCUT2D eigenvalue weighted by atomic mass is 32.2. The molecule has 8 nitrogen and oxygen atoms in total. The second-order valence-electron chi connectivity index (χ2n) is 5.92. The summed E-state index contributed by atoms with van der Waals surface area (Å²) in [6.07, 6.45) is 0. The van der Waals surface area contributed by atoms with Crippen LogP contribution in [0.5, 0.6) is 17.2 Å². The van der Waals surface area contributed by atoms with E-state index in [0.29, 0.717) is 28.3 Å². The Bertz CT molecular complexity index is 975. The Hall–Kier alpha value is -3.20. The fraction of sp³-hybridized carbons (Fsp3) is 0.250. The molecular weight excluding hydrogens is 394 g/mol. The first-order valence-electron chi connectivity index (χ1n) is 8.71. The summed E-state index contributed by atoms with van der Waals surface area (Å²) in [6.45, 7) is 1.76. The number of benzene rings is 2. The van der Waals surface area contributed by atoms with Crippen molar-refractivity contribution in [3.63, 3.8) is 0 Å². The third-order valence-corrected chi connectivity index (χ3v) is 4.98. The maximum absolute atomic E-state index is 12.5. The first kappa shape index (κ1) is 20.5. The van der Waals surface area contributed by atoms with E-state index in [1.165, 1.54) is 18.9 Å². The van der Waals surface area contributed by atoms with Crippen molar-refractivity contribution in [2.24, 2.45) is 0 Å². The number of nitrogens with one attached hydrogen (secondary N) is 1. The molecule has 0 aliphatic heterocycles. The van der Waals surface area contributed by atoms with Crippen molar-refractivity contribution >= 4 is 23.4 Å². The molecule has 1 aromatic heterocycles.